The van der Waals surface area contributed by atoms with E-state index in [4.69, 9.17) is 0 Å². The van der Waals surface area contributed by atoms with Gasteiger partial charge >= 0.3 is 5.97 Å². The van der Waals surface area contributed by atoms with Crippen LogP contribution in [0.5, 0.6) is 0 Å². The molecule has 2 aliphatic heterocycles. The Balaban J connectivity index is 1.83. The van der Waals surface area contributed by atoms with Gasteiger partial charge in [0.05, 0.1) is 12.1 Å². The monoisotopic (exact) mass is 269 g/mol. The van der Waals surface area contributed by atoms with E-state index in [-0.39, 0.29) is 12.0 Å². The van der Waals surface area contributed by atoms with Crippen molar-refractivity contribution in [3.63, 3.8) is 0 Å². The highest BCUT2D eigenvalue weighted by Crippen LogP contribution is 2.45. The first-order valence-electron chi connectivity index (χ1n) is 6.97. The zero-order valence-corrected chi connectivity index (χ0v) is 10.9. The largest absolute Gasteiger partial charge is 0.481 e. The van der Waals surface area contributed by atoms with E-state index in [9.17, 15) is 9.90 Å². The molecule has 5 nitrogen and oxygen atoms in total. The molecule has 20 heavy (non-hydrogen) atoms. The number of aromatic nitrogens is 2. The number of fused-ring (bicyclic) bond motifs is 3. The topological polar surface area (TPSA) is 66.3 Å². The SMILES string of the molecule is O=C(O)C1CC2CCC1N2c1nncc2ccccc12. The van der Waals surface area contributed by atoms with Gasteiger partial charge in [-0.05, 0) is 19.3 Å². The molecule has 0 amide bonds. The lowest BCUT2D eigenvalue weighted by molar-refractivity contribution is -0.142. The van der Waals surface area contributed by atoms with Crippen molar-refractivity contribution < 1.29 is 9.90 Å². The molecule has 4 rings (SSSR count). The van der Waals surface area contributed by atoms with Crippen LogP contribution in [0.2, 0.25) is 0 Å². The van der Waals surface area contributed by atoms with Gasteiger partial charge in [0.1, 0.15) is 0 Å². The third kappa shape index (κ3) is 1.52. The fourth-order valence-electron chi connectivity index (χ4n) is 3.79. The summed E-state index contributed by atoms with van der Waals surface area (Å²) < 4.78 is 0. The minimum absolute atomic E-state index is 0.0672. The third-order valence-electron chi connectivity index (χ3n) is 4.65. The van der Waals surface area contributed by atoms with Crippen LogP contribution in [0.3, 0.4) is 0 Å². The van der Waals surface area contributed by atoms with Gasteiger partial charge < -0.3 is 10.0 Å². The zero-order valence-electron chi connectivity index (χ0n) is 10.9. The second-order valence-electron chi connectivity index (χ2n) is 5.64. The van der Waals surface area contributed by atoms with E-state index in [0.29, 0.717) is 6.04 Å². The van der Waals surface area contributed by atoms with Crippen LogP contribution in [0.1, 0.15) is 19.3 Å². The molecule has 1 N–H and O–H groups in total. The number of anilines is 1. The van der Waals surface area contributed by atoms with Gasteiger partial charge in [0, 0.05) is 22.9 Å². The maximum absolute atomic E-state index is 11.4. The molecule has 1 aromatic heterocycles. The molecule has 3 atom stereocenters. The maximum Gasteiger partial charge on any atom is 0.308 e. The Bertz CT molecular complexity index is 682. The fraction of sp³-hybridized carbons (Fsp3) is 0.400. The molecule has 2 bridgehead atoms. The second kappa shape index (κ2) is 4.16. The molecule has 0 aliphatic carbocycles. The van der Waals surface area contributed by atoms with Crippen LogP contribution in [0, 0.1) is 5.92 Å². The molecular formula is C15H15N3O2. The summed E-state index contributed by atoms with van der Waals surface area (Å²) in [6.45, 7) is 0. The summed E-state index contributed by atoms with van der Waals surface area (Å²) in [6.07, 6.45) is 4.47. The standard InChI is InChI=1S/C15H15N3O2/c19-15(20)12-7-10-5-6-13(12)18(10)14-11-4-2-1-3-9(11)8-16-17-14/h1-4,8,10,12-13H,5-7H2,(H,19,20). The first kappa shape index (κ1) is 11.6. The van der Waals surface area contributed by atoms with E-state index in [1.165, 1.54) is 0 Å². The zero-order chi connectivity index (χ0) is 13.7. The Kier molecular flexibility index (Phi) is 2.42. The number of carbonyl (C=O) groups is 1. The Morgan fingerprint density at radius 2 is 2.15 bits per heavy atom. The van der Waals surface area contributed by atoms with Crippen LogP contribution < -0.4 is 4.90 Å². The molecule has 2 fully saturated rings. The van der Waals surface area contributed by atoms with Crippen molar-refractivity contribution >= 4 is 22.6 Å². The van der Waals surface area contributed by atoms with Gasteiger partial charge in [0.15, 0.2) is 5.82 Å². The maximum atomic E-state index is 11.4. The summed E-state index contributed by atoms with van der Waals surface area (Å²) in [6, 6.07) is 8.37. The average molecular weight is 269 g/mol. The van der Waals surface area contributed by atoms with Crippen molar-refractivity contribution in [3.8, 4) is 0 Å². The molecule has 0 saturated carbocycles. The van der Waals surface area contributed by atoms with Gasteiger partial charge in [0.2, 0.25) is 0 Å². The van der Waals surface area contributed by atoms with Crippen LogP contribution in [0.15, 0.2) is 30.5 Å². The minimum Gasteiger partial charge on any atom is -0.481 e. The van der Waals surface area contributed by atoms with Crippen LogP contribution in [-0.4, -0.2) is 33.4 Å². The van der Waals surface area contributed by atoms with Crippen molar-refractivity contribution in [1.29, 1.82) is 0 Å². The van der Waals surface area contributed by atoms with Crippen LogP contribution in [0.4, 0.5) is 5.82 Å². The van der Waals surface area contributed by atoms with Crippen molar-refractivity contribution in [1.82, 2.24) is 10.2 Å². The summed E-state index contributed by atoms with van der Waals surface area (Å²) in [5, 5.41) is 19.9. The first-order valence-corrected chi connectivity index (χ1v) is 6.97. The minimum atomic E-state index is -0.685. The molecule has 2 aromatic rings. The number of carboxylic acids is 1. The van der Waals surface area contributed by atoms with Crippen molar-refractivity contribution in [2.24, 2.45) is 5.92 Å². The van der Waals surface area contributed by atoms with E-state index in [0.717, 1.165) is 35.9 Å². The highest BCUT2D eigenvalue weighted by atomic mass is 16.4. The highest BCUT2D eigenvalue weighted by Gasteiger charge is 2.50. The quantitative estimate of drug-likeness (QED) is 0.904. The number of rotatable bonds is 2. The smallest absolute Gasteiger partial charge is 0.308 e. The van der Waals surface area contributed by atoms with Gasteiger partial charge in [-0.15, -0.1) is 5.10 Å². The highest BCUT2D eigenvalue weighted by molar-refractivity contribution is 5.92. The average Bonchev–Trinajstić information content (AvgIpc) is 3.04. The molecule has 102 valence electrons. The van der Waals surface area contributed by atoms with Gasteiger partial charge in [-0.25, -0.2) is 0 Å². The Labute approximate surface area is 116 Å². The second-order valence-corrected chi connectivity index (χ2v) is 5.64. The lowest BCUT2D eigenvalue weighted by Gasteiger charge is -2.24. The number of aliphatic carboxylic acids is 1. The van der Waals surface area contributed by atoms with Gasteiger partial charge in [0.25, 0.3) is 0 Å². The van der Waals surface area contributed by atoms with Crippen molar-refractivity contribution in [2.45, 2.75) is 31.3 Å². The van der Waals surface area contributed by atoms with E-state index in [1.807, 2.05) is 24.3 Å². The Hall–Kier alpha value is -2.17. The summed E-state index contributed by atoms with van der Waals surface area (Å²) in [7, 11) is 0. The number of benzene rings is 1. The molecular weight excluding hydrogens is 254 g/mol. The predicted octanol–water partition coefficient (Wildman–Crippen LogP) is 2.07. The number of carboxylic acid groups (broad SMARTS) is 1. The van der Waals surface area contributed by atoms with Gasteiger partial charge in [-0.3, -0.25) is 4.79 Å². The van der Waals surface area contributed by atoms with Gasteiger partial charge in [-0.1, -0.05) is 24.3 Å². The van der Waals surface area contributed by atoms with Crippen molar-refractivity contribution in [3.05, 3.63) is 30.5 Å². The summed E-state index contributed by atoms with van der Waals surface area (Å²) in [5.41, 5.74) is 0. The molecule has 3 heterocycles. The van der Waals surface area contributed by atoms with E-state index in [2.05, 4.69) is 15.1 Å². The van der Waals surface area contributed by atoms with Crippen LogP contribution in [0.25, 0.3) is 10.8 Å². The summed E-state index contributed by atoms with van der Waals surface area (Å²) in [4.78, 5) is 13.6. The molecule has 0 spiro atoms. The lowest BCUT2D eigenvalue weighted by atomic mass is 9.89. The van der Waals surface area contributed by atoms with Gasteiger partial charge in [-0.2, -0.15) is 5.10 Å². The fourth-order valence-corrected chi connectivity index (χ4v) is 3.79. The van der Waals surface area contributed by atoms with Crippen LogP contribution >= 0.6 is 0 Å². The molecule has 1 aromatic carbocycles. The lowest BCUT2D eigenvalue weighted by Crippen LogP contribution is -2.33. The number of hydrogen-bond acceptors (Lipinski definition) is 4. The number of nitrogens with zero attached hydrogens (tertiary/aromatic N) is 3. The Morgan fingerprint density at radius 1 is 1.30 bits per heavy atom. The van der Waals surface area contributed by atoms with E-state index in [1.54, 1.807) is 6.20 Å². The Morgan fingerprint density at radius 3 is 2.95 bits per heavy atom. The molecule has 0 radical (unpaired) electrons. The molecule has 2 aliphatic rings. The number of hydrogen-bond donors (Lipinski definition) is 1. The van der Waals surface area contributed by atoms with Crippen LogP contribution in [-0.2, 0) is 4.79 Å². The third-order valence-corrected chi connectivity index (χ3v) is 4.65. The van der Waals surface area contributed by atoms with E-state index >= 15 is 0 Å². The van der Waals surface area contributed by atoms with Crippen molar-refractivity contribution in [2.75, 3.05) is 4.90 Å². The predicted molar refractivity (Wildman–Crippen MR) is 74.6 cm³/mol. The summed E-state index contributed by atoms with van der Waals surface area (Å²) in [5.74, 6) is -0.107. The first-order chi connectivity index (χ1) is 9.75. The van der Waals surface area contributed by atoms with E-state index < -0.39 is 5.97 Å². The normalized spacial score (nSPS) is 28.2. The molecule has 5 heteroatoms. The molecule has 2 saturated heterocycles. The summed E-state index contributed by atoms with van der Waals surface area (Å²) >= 11 is 0. The molecule has 3 unspecified atom stereocenters.